The van der Waals surface area contributed by atoms with Gasteiger partial charge in [-0.25, -0.2) is 0 Å². The summed E-state index contributed by atoms with van der Waals surface area (Å²) in [6, 6.07) is 0.0659. The molecule has 0 aromatic heterocycles. The maximum Gasteiger partial charge on any atom is 0.251 e. The Kier molecular flexibility index (Phi) is 6.11. The molecule has 3 saturated heterocycles. The van der Waals surface area contributed by atoms with Crippen molar-refractivity contribution in [1.29, 1.82) is 0 Å². The number of carbonyl (C=O) groups is 2. The molecule has 0 aliphatic carbocycles. The summed E-state index contributed by atoms with van der Waals surface area (Å²) in [4.78, 5) is 28.9. The molecular weight excluding hydrogens is 306 g/mol. The van der Waals surface area contributed by atoms with Crippen molar-refractivity contribution in [2.75, 3.05) is 39.3 Å². The van der Waals surface area contributed by atoms with E-state index in [2.05, 4.69) is 17.1 Å². The van der Waals surface area contributed by atoms with Crippen LogP contribution in [0.1, 0.15) is 45.4 Å². The zero-order chi connectivity index (χ0) is 16.9. The molecule has 136 valence electrons. The quantitative estimate of drug-likeness (QED) is 0.813. The highest BCUT2D eigenvalue weighted by Crippen LogP contribution is 2.21. The van der Waals surface area contributed by atoms with E-state index in [1.165, 1.54) is 0 Å². The predicted octanol–water partition coefficient (Wildman–Crippen LogP) is 1.00. The number of nitrogens with one attached hydrogen (secondary N) is 1. The van der Waals surface area contributed by atoms with Crippen LogP contribution in [0.15, 0.2) is 0 Å². The third-order valence-corrected chi connectivity index (χ3v) is 5.77. The number of rotatable bonds is 5. The zero-order valence-electron chi connectivity index (χ0n) is 14.8. The lowest BCUT2D eigenvalue weighted by Gasteiger charge is -2.33. The van der Waals surface area contributed by atoms with Crippen molar-refractivity contribution in [3.8, 4) is 0 Å². The van der Waals surface area contributed by atoms with E-state index >= 15 is 0 Å². The summed E-state index contributed by atoms with van der Waals surface area (Å²) in [6.07, 6.45) is 5.70. The lowest BCUT2D eigenvalue weighted by molar-refractivity contribution is -0.142. The summed E-state index contributed by atoms with van der Waals surface area (Å²) in [5, 5.41) is 3.15. The van der Waals surface area contributed by atoms with Crippen molar-refractivity contribution >= 4 is 11.8 Å². The van der Waals surface area contributed by atoms with Gasteiger partial charge in [-0.1, -0.05) is 6.92 Å². The third kappa shape index (κ3) is 4.09. The molecule has 0 unspecified atom stereocenters. The number of nitrogens with zero attached hydrogens (tertiary/aromatic N) is 2. The van der Waals surface area contributed by atoms with Crippen molar-refractivity contribution in [2.45, 2.75) is 57.6 Å². The van der Waals surface area contributed by atoms with E-state index in [1.54, 1.807) is 0 Å². The standard InChI is InChI=1S/C18H31N3O3/c1-2-20-9-3-5-15(20)17(22)19-13-14-7-10-21(11-8-14)18(23)16-6-4-12-24-16/h14-16H,2-13H2,1H3,(H,19,22)/t15-,16+/m0/s1. The predicted molar refractivity (Wildman–Crippen MR) is 91.6 cm³/mol. The summed E-state index contributed by atoms with van der Waals surface area (Å²) in [7, 11) is 0. The molecule has 0 saturated carbocycles. The van der Waals surface area contributed by atoms with Gasteiger partial charge >= 0.3 is 0 Å². The van der Waals surface area contributed by atoms with Gasteiger partial charge in [-0.05, 0) is 57.5 Å². The Hall–Kier alpha value is -1.14. The largest absolute Gasteiger partial charge is 0.368 e. The molecule has 0 spiro atoms. The number of likely N-dealkylation sites (N-methyl/N-ethyl adjacent to an activating group) is 1. The fourth-order valence-corrected chi connectivity index (χ4v) is 4.20. The smallest absolute Gasteiger partial charge is 0.251 e. The van der Waals surface area contributed by atoms with Gasteiger partial charge < -0.3 is 15.0 Å². The Bertz CT molecular complexity index is 443. The molecule has 2 atom stereocenters. The lowest BCUT2D eigenvalue weighted by Crippen LogP contribution is -2.47. The van der Waals surface area contributed by atoms with E-state index in [-0.39, 0.29) is 24.0 Å². The molecule has 6 nitrogen and oxygen atoms in total. The Morgan fingerprint density at radius 3 is 2.54 bits per heavy atom. The van der Waals surface area contributed by atoms with Crippen molar-refractivity contribution in [3.63, 3.8) is 0 Å². The number of piperidine rings is 1. The molecule has 3 heterocycles. The van der Waals surface area contributed by atoms with Crippen LogP contribution in [-0.2, 0) is 14.3 Å². The number of carbonyl (C=O) groups excluding carboxylic acids is 2. The minimum absolute atomic E-state index is 0.0659. The molecule has 3 aliphatic rings. The highest BCUT2D eigenvalue weighted by atomic mass is 16.5. The Labute approximate surface area is 144 Å². The molecular formula is C18H31N3O3. The molecule has 0 aromatic carbocycles. The Morgan fingerprint density at radius 2 is 1.88 bits per heavy atom. The van der Waals surface area contributed by atoms with Crippen LogP contribution in [0.2, 0.25) is 0 Å². The van der Waals surface area contributed by atoms with Crippen molar-refractivity contribution < 1.29 is 14.3 Å². The van der Waals surface area contributed by atoms with Gasteiger partial charge in [-0.3, -0.25) is 14.5 Å². The fraction of sp³-hybridized carbons (Fsp3) is 0.889. The zero-order valence-corrected chi connectivity index (χ0v) is 14.8. The SMILES string of the molecule is CCN1CCC[C@H]1C(=O)NCC1CCN(C(=O)[C@H]2CCCO2)CC1. The fourth-order valence-electron chi connectivity index (χ4n) is 4.20. The van der Waals surface area contributed by atoms with E-state index in [0.29, 0.717) is 5.92 Å². The maximum absolute atomic E-state index is 12.4. The average molecular weight is 337 g/mol. The first kappa shape index (κ1) is 17.7. The van der Waals surface area contributed by atoms with Gasteiger partial charge in [0.1, 0.15) is 6.10 Å². The molecule has 1 N–H and O–H groups in total. The van der Waals surface area contributed by atoms with Gasteiger partial charge in [0.2, 0.25) is 5.91 Å². The van der Waals surface area contributed by atoms with Crippen LogP contribution in [0, 0.1) is 5.92 Å². The topological polar surface area (TPSA) is 61.9 Å². The molecule has 3 rings (SSSR count). The van der Waals surface area contributed by atoms with Crippen LogP contribution >= 0.6 is 0 Å². The first-order chi connectivity index (χ1) is 11.7. The molecule has 0 aromatic rings. The van der Waals surface area contributed by atoms with Gasteiger partial charge in [0.05, 0.1) is 6.04 Å². The first-order valence-electron chi connectivity index (χ1n) is 9.61. The van der Waals surface area contributed by atoms with Crippen molar-refractivity contribution in [2.24, 2.45) is 5.92 Å². The van der Waals surface area contributed by atoms with Crippen LogP contribution in [0.25, 0.3) is 0 Å². The van der Waals surface area contributed by atoms with E-state index in [9.17, 15) is 9.59 Å². The second-order valence-electron chi connectivity index (χ2n) is 7.30. The van der Waals surface area contributed by atoms with Crippen LogP contribution in [-0.4, -0.2) is 73.1 Å². The van der Waals surface area contributed by atoms with Gasteiger partial charge in [-0.2, -0.15) is 0 Å². The molecule has 6 heteroatoms. The van der Waals surface area contributed by atoms with Gasteiger partial charge in [0.15, 0.2) is 0 Å². The highest BCUT2D eigenvalue weighted by Gasteiger charge is 2.32. The Morgan fingerprint density at radius 1 is 1.08 bits per heavy atom. The molecule has 2 amide bonds. The minimum Gasteiger partial charge on any atom is -0.368 e. The first-order valence-corrected chi connectivity index (χ1v) is 9.61. The van der Waals surface area contributed by atoms with Gasteiger partial charge in [0.25, 0.3) is 5.91 Å². The summed E-state index contributed by atoms with van der Waals surface area (Å²) in [5.74, 6) is 0.839. The molecule has 24 heavy (non-hydrogen) atoms. The number of hydrogen-bond acceptors (Lipinski definition) is 4. The van der Waals surface area contributed by atoms with Crippen LogP contribution in [0.4, 0.5) is 0 Å². The van der Waals surface area contributed by atoms with E-state index in [1.807, 2.05) is 4.90 Å². The van der Waals surface area contributed by atoms with E-state index < -0.39 is 0 Å². The Balaban J connectivity index is 1.38. The lowest BCUT2D eigenvalue weighted by atomic mass is 9.96. The van der Waals surface area contributed by atoms with Crippen LogP contribution in [0.3, 0.4) is 0 Å². The molecule has 0 bridgehead atoms. The van der Waals surface area contributed by atoms with Crippen molar-refractivity contribution in [1.82, 2.24) is 15.1 Å². The number of hydrogen-bond donors (Lipinski definition) is 1. The third-order valence-electron chi connectivity index (χ3n) is 5.77. The maximum atomic E-state index is 12.4. The van der Waals surface area contributed by atoms with E-state index in [4.69, 9.17) is 4.74 Å². The summed E-state index contributed by atoms with van der Waals surface area (Å²) in [6.45, 7) is 7.16. The molecule has 0 radical (unpaired) electrons. The minimum atomic E-state index is -0.205. The summed E-state index contributed by atoms with van der Waals surface area (Å²) in [5.41, 5.74) is 0. The highest BCUT2D eigenvalue weighted by molar-refractivity contribution is 5.82. The van der Waals surface area contributed by atoms with Gasteiger partial charge in [-0.15, -0.1) is 0 Å². The number of amides is 2. The number of likely N-dealkylation sites (tertiary alicyclic amines) is 2. The van der Waals surface area contributed by atoms with Crippen LogP contribution < -0.4 is 5.32 Å². The molecule has 3 aliphatic heterocycles. The molecule has 3 fully saturated rings. The number of ether oxygens (including phenoxy) is 1. The normalized spacial score (nSPS) is 29.1. The summed E-state index contributed by atoms with van der Waals surface area (Å²) >= 11 is 0. The monoisotopic (exact) mass is 337 g/mol. The summed E-state index contributed by atoms with van der Waals surface area (Å²) < 4.78 is 5.50. The van der Waals surface area contributed by atoms with Crippen molar-refractivity contribution in [3.05, 3.63) is 0 Å². The second kappa shape index (κ2) is 8.30. The average Bonchev–Trinajstić information content (AvgIpc) is 3.30. The van der Waals surface area contributed by atoms with Gasteiger partial charge in [0, 0.05) is 26.2 Å². The second-order valence-corrected chi connectivity index (χ2v) is 7.30. The van der Waals surface area contributed by atoms with E-state index in [0.717, 1.165) is 77.9 Å². The van der Waals surface area contributed by atoms with Crippen LogP contribution in [0.5, 0.6) is 0 Å².